The molecule has 0 fully saturated rings. The number of rotatable bonds is 6. The number of carboxylic acids is 1. The van der Waals surface area contributed by atoms with E-state index in [1.54, 1.807) is 24.3 Å². The molecule has 0 spiro atoms. The van der Waals surface area contributed by atoms with Gasteiger partial charge in [0.25, 0.3) is 0 Å². The van der Waals surface area contributed by atoms with E-state index in [0.29, 0.717) is 5.56 Å². The van der Waals surface area contributed by atoms with E-state index in [4.69, 9.17) is 0 Å². The molecule has 0 aliphatic rings. The number of hydrogen-bond acceptors (Lipinski definition) is 3. The Morgan fingerprint density at radius 2 is 1.45 bits per heavy atom. The molecule has 6 heteroatoms. The summed E-state index contributed by atoms with van der Waals surface area (Å²) < 4.78 is 1.80. The largest absolute Gasteiger partial charge is 0.480 e. The van der Waals surface area contributed by atoms with Crippen molar-refractivity contribution >= 4 is 55.4 Å². The maximum atomic E-state index is 12.2. The van der Waals surface area contributed by atoms with Gasteiger partial charge in [-0.1, -0.05) is 44.0 Å². The molecule has 0 saturated heterocycles. The lowest BCUT2D eigenvalue weighted by atomic mass is 10.1. The monoisotopic (exact) mass is 442 g/mol. The highest BCUT2D eigenvalue weighted by molar-refractivity contribution is 9.10. The van der Waals surface area contributed by atoms with Gasteiger partial charge in [0.05, 0.1) is 0 Å². The standard InChI is InChI=1S/C16H12Br2O3S/c17-11-3-1-10(2-4-11)14(19)9-15(16(20)21)22-13-7-5-12(18)6-8-13/h1-8,15H,9H2,(H,20,21)/t15-/m0/s1. The van der Waals surface area contributed by atoms with Crippen LogP contribution in [0.1, 0.15) is 16.8 Å². The van der Waals surface area contributed by atoms with E-state index in [-0.39, 0.29) is 12.2 Å². The van der Waals surface area contributed by atoms with E-state index in [9.17, 15) is 14.7 Å². The molecule has 0 aliphatic heterocycles. The van der Waals surface area contributed by atoms with Crippen molar-refractivity contribution in [3.63, 3.8) is 0 Å². The molecule has 2 rings (SSSR count). The summed E-state index contributed by atoms with van der Waals surface area (Å²) in [4.78, 5) is 24.4. The highest BCUT2D eigenvalue weighted by atomic mass is 79.9. The van der Waals surface area contributed by atoms with E-state index in [0.717, 1.165) is 13.8 Å². The summed E-state index contributed by atoms with van der Waals surface area (Å²) in [7, 11) is 0. The number of benzene rings is 2. The zero-order valence-corrected chi connectivity index (χ0v) is 15.3. The fraction of sp³-hybridized carbons (Fsp3) is 0.125. The van der Waals surface area contributed by atoms with Crippen molar-refractivity contribution in [2.45, 2.75) is 16.6 Å². The van der Waals surface area contributed by atoms with Gasteiger partial charge >= 0.3 is 5.97 Å². The summed E-state index contributed by atoms with van der Waals surface area (Å²) >= 11 is 7.82. The van der Waals surface area contributed by atoms with Gasteiger partial charge in [-0.05, 0) is 36.4 Å². The molecule has 0 saturated carbocycles. The Kier molecular flexibility index (Phi) is 6.23. The fourth-order valence-electron chi connectivity index (χ4n) is 1.78. The van der Waals surface area contributed by atoms with Crippen molar-refractivity contribution in [1.29, 1.82) is 0 Å². The van der Waals surface area contributed by atoms with Crippen LogP contribution in [0.3, 0.4) is 0 Å². The van der Waals surface area contributed by atoms with Gasteiger partial charge in [-0.3, -0.25) is 9.59 Å². The first-order chi connectivity index (χ1) is 10.5. The summed E-state index contributed by atoms with van der Waals surface area (Å²) in [5.41, 5.74) is 0.519. The third-order valence-corrected chi connectivity index (χ3v) is 5.16. The molecule has 1 N–H and O–H groups in total. The molecular weight excluding hydrogens is 432 g/mol. The predicted octanol–water partition coefficient (Wildman–Crippen LogP) is 5.03. The average Bonchev–Trinajstić information content (AvgIpc) is 2.49. The number of hydrogen-bond donors (Lipinski definition) is 1. The molecule has 22 heavy (non-hydrogen) atoms. The van der Waals surface area contributed by atoms with E-state index in [2.05, 4.69) is 31.9 Å². The van der Waals surface area contributed by atoms with Crippen molar-refractivity contribution in [1.82, 2.24) is 0 Å². The third-order valence-electron chi connectivity index (χ3n) is 2.90. The van der Waals surface area contributed by atoms with Crippen LogP contribution in [0.15, 0.2) is 62.4 Å². The molecule has 0 heterocycles. The first kappa shape index (κ1) is 17.2. The van der Waals surface area contributed by atoms with Crippen LogP contribution < -0.4 is 0 Å². The average molecular weight is 444 g/mol. The van der Waals surface area contributed by atoms with Gasteiger partial charge in [0.1, 0.15) is 5.25 Å². The lowest BCUT2D eigenvalue weighted by molar-refractivity contribution is -0.136. The molecule has 0 radical (unpaired) electrons. The van der Waals surface area contributed by atoms with Crippen molar-refractivity contribution in [2.75, 3.05) is 0 Å². The van der Waals surface area contributed by atoms with Gasteiger partial charge < -0.3 is 5.11 Å². The topological polar surface area (TPSA) is 54.4 Å². The number of halogens is 2. The van der Waals surface area contributed by atoms with E-state index in [1.807, 2.05) is 24.3 Å². The number of aliphatic carboxylic acids is 1. The Bertz CT molecular complexity index is 669. The van der Waals surface area contributed by atoms with Gasteiger partial charge in [0, 0.05) is 25.8 Å². The van der Waals surface area contributed by atoms with Crippen LogP contribution in [0.4, 0.5) is 0 Å². The second-order valence-electron chi connectivity index (χ2n) is 4.53. The van der Waals surface area contributed by atoms with Crippen molar-refractivity contribution in [2.24, 2.45) is 0 Å². The summed E-state index contributed by atoms with van der Waals surface area (Å²) in [5, 5.41) is 8.53. The maximum Gasteiger partial charge on any atom is 0.317 e. The Morgan fingerprint density at radius 3 is 1.95 bits per heavy atom. The van der Waals surface area contributed by atoms with E-state index < -0.39 is 11.2 Å². The minimum atomic E-state index is -0.988. The lowest BCUT2D eigenvalue weighted by Gasteiger charge is -2.11. The molecule has 3 nitrogen and oxygen atoms in total. The number of carbonyl (C=O) groups is 2. The van der Waals surface area contributed by atoms with Crippen molar-refractivity contribution < 1.29 is 14.7 Å². The Morgan fingerprint density at radius 1 is 0.955 bits per heavy atom. The Labute approximate surface area is 149 Å². The van der Waals surface area contributed by atoms with Crippen LogP contribution in [-0.4, -0.2) is 22.1 Å². The Balaban J connectivity index is 2.08. The second-order valence-corrected chi connectivity index (χ2v) is 7.64. The first-order valence-corrected chi connectivity index (χ1v) is 8.86. The van der Waals surface area contributed by atoms with Gasteiger partial charge in [0.15, 0.2) is 5.78 Å². The van der Waals surface area contributed by atoms with Gasteiger partial charge in [-0.2, -0.15) is 0 Å². The number of thioether (sulfide) groups is 1. The van der Waals surface area contributed by atoms with Crippen LogP contribution in [0.2, 0.25) is 0 Å². The zero-order valence-electron chi connectivity index (χ0n) is 11.3. The van der Waals surface area contributed by atoms with Crippen LogP contribution >= 0.6 is 43.6 Å². The number of carboxylic acid groups (broad SMARTS) is 1. The molecule has 114 valence electrons. The summed E-state index contributed by atoms with van der Waals surface area (Å²) in [6, 6.07) is 14.3. The number of carbonyl (C=O) groups excluding carboxylic acids is 1. The number of Topliss-reactive ketones (excluding diaryl/α,β-unsaturated/α-hetero) is 1. The molecule has 0 amide bonds. The van der Waals surface area contributed by atoms with Gasteiger partial charge in [-0.25, -0.2) is 0 Å². The smallest absolute Gasteiger partial charge is 0.317 e. The summed E-state index contributed by atoms with van der Waals surface area (Å²) in [6.45, 7) is 0. The molecule has 0 unspecified atom stereocenters. The van der Waals surface area contributed by atoms with Crippen LogP contribution in [0, 0.1) is 0 Å². The maximum absolute atomic E-state index is 12.2. The summed E-state index contributed by atoms with van der Waals surface area (Å²) in [5.74, 6) is -1.16. The van der Waals surface area contributed by atoms with E-state index in [1.165, 1.54) is 11.8 Å². The predicted molar refractivity (Wildman–Crippen MR) is 94.5 cm³/mol. The summed E-state index contributed by atoms with van der Waals surface area (Å²) in [6.07, 6.45) is -0.0440. The van der Waals surface area contributed by atoms with Gasteiger partial charge in [-0.15, -0.1) is 11.8 Å². The first-order valence-electron chi connectivity index (χ1n) is 6.39. The second kappa shape index (κ2) is 7.94. The minimum absolute atomic E-state index is 0.0440. The Hall–Kier alpha value is -1.11. The highest BCUT2D eigenvalue weighted by Crippen LogP contribution is 2.28. The van der Waals surface area contributed by atoms with Crippen LogP contribution in [0.5, 0.6) is 0 Å². The SMILES string of the molecule is O=C(C[C@H](Sc1ccc(Br)cc1)C(=O)O)c1ccc(Br)cc1. The minimum Gasteiger partial charge on any atom is -0.480 e. The van der Waals surface area contributed by atoms with Gasteiger partial charge in [0.2, 0.25) is 0 Å². The fourth-order valence-corrected chi connectivity index (χ4v) is 3.26. The molecule has 0 aromatic heterocycles. The van der Waals surface area contributed by atoms with Crippen molar-refractivity contribution in [3.8, 4) is 0 Å². The highest BCUT2D eigenvalue weighted by Gasteiger charge is 2.23. The van der Waals surface area contributed by atoms with Crippen LogP contribution in [-0.2, 0) is 4.79 Å². The van der Waals surface area contributed by atoms with Crippen molar-refractivity contribution in [3.05, 3.63) is 63.0 Å². The normalized spacial score (nSPS) is 11.9. The third kappa shape index (κ3) is 4.97. The number of ketones is 1. The molecular formula is C16H12Br2O3S. The lowest BCUT2D eigenvalue weighted by Crippen LogP contribution is -2.20. The molecule has 2 aromatic rings. The molecule has 0 bridgehead atoms. The molecule has 0 aliphatic carbocycles. The molecule has 2 aromatic carbocycles. The molecule has 1 atom stereocenters. The zero-order chi connectivity index (χ0) is 16.1. The van der Waals surface area contributed by atoms with Crippen LogP contribution in [0.25, 0.3) is 0 Å². The quantitative estimate of drug-likeness (QED) is 0.502. The van der Waals surface area contributed by atoms with E-state index >= 15 is 0 Å².